The lowest BCUT2D eigenvalue weighted by atomic mass is 10.2. The molecular formula is C17H18N2O7. The molecule has 9 heteroatoms. The number of rotatable bonds is 3. The molecule has 138 valence electrons. The SMILES string of the molecule is Cc1cn([C@H]2C[C@H](O)[C@@H](CO)O2)c(=O)n(C(=O)Oc2ccccc2)c1=O. The number of carbonyl (C=O) groups is 1. The van der Waals surface area contributed by atoms with Crippen molar-refractivity contribution in [3.63, 3.8) is 0 Å². The van der Waals surface area contributed by atoms with Gasteiger partial charge in [0, 0.05) is 18.2 Å². The predicted octanol–water partition coefficient (Wildman–Crippen LogP) is 0.00622. The van der Waals surface area contributed by atoms with Gasteiger partial charge in [0.25, 0.3) is 5.56 Å². The summed E-state index contributed by atoms with van der Waals surface area (Å²) in [4.78, 5) is 37.3. The number of aryl methyl sites for hydroxylation is 1. The Labute approximate surface area is 147 Å². The molecule has 2 N–H and O–H groups in total. The Bertz CT molecular complexity index is 919. The number of carbonyl (C=O) groups excluding carboxylic acids is 1. The van der Waals surface area contributed by atoms with Crippen molar-refractivity contribution in [2.24, 2.45) is 0 Å². The molecule has 1 fully saturated rings. The zero-order valence-electron chi connectivity index (χ0n) is 13.9. The van der Waals surface area contributed by atoms with Gasteiger partial charge in [0.2, 0.25) is 0 Å². The lowest BCUT2D eigenvalue weighted by Crippen LogP contribution is -2.46. The summed E-state index contributed by atoms with van der Waals surface area (Å²) in [6, 6.07) is 8.04. The molecule has 0 radical (unpaired) electrons. The number of hydrogen-bond acceptors (Lipinski definition) is 7. The van der Waals surface area contributed by atoms with Crippen LogP contribution in [0.1, 0.15) is 18.2 Å². The van der Waals surface area contributed by atoms with Gasteiger partial charge in [-0.2, -0.15) is 4.57 Å². The van der Waals surface area contributed by atoms with Crippen molar-refractivity contribution in [2.45, 2.75) is 31.8 Å². The Morgan fingerprint density at radius 1 is 1.31 bits per heavy atom. The van der Waals surface area contributed by atoms with Gasteiger partial charge in [0.05, 0.1) is 12.7 Å². The third kappa shape index (κ3) is 3.32. The summed E-state index contributed by atoms with van der Waals surface area (Å²) in [6.07, 6.45) is -2.56. The zero-order valence-corrected chi connectivity index (χ0v) is 13.9. The summed E-state index contributed by atoms with van der Waals surface area (Å²) in [7, 11) is 0. The van der Waals surface area contributed by atoms with Crippen LogP contribution in [-0.4, -0.2) is 44.3 Å². The topological polar surface area (TPSA) is 120 Å². The molecule has 0 aliphatic carbocycles. The van der Waals surface area contributed by atoms with Gasteiger partial charge < -0.3 is 19.7 Å². The minimum atomic E-state index is -1.14. The van der Waals surface area contributed by atoms with E-state index >= 15 is 0 Å². The molecule has 3 atom stereocenters. The second kappa shape index (κ2) is 7.24. The number of nitrogens with zero attached hydrogens (tertiary/aromatic N) is 2. The highest BCUT2D eigenvalue weighted by atomic mass is 16.6. The molecule has 1 aromatic carbocycles. The van der Waals surface area contributed by atoms with Crippen LogP contribution in [0.4, 0.5) is 4.79 Å². The van der Waals surface area contributed by atoms with Crippen LogP contribution in [0.5, 0.6) is 5.75 Å². The van der Waals surface area contributed by atoms with E-state index in [0.717, 1.165) is 4.57 Å². The molecule has 0 saturated carbocycles. The normalized spacial score (nSPS) is 22.3. The van der Waals surface area contributed by atoms with E-state index in [1.54, 1.807) is 18.2 Å². The molecule has 1 aromatic heterocycles. The number of aliphatic hydroxyl groups is 2. The number of ether oxygens (including phenoxy) is 2. The van der Waals surface area contributed by atoms with Gasteiger partial charge in [-0.1, -0.05) is 18.2 Å². The molecular weight excluding hydrogens is 344 g/mol. The highest BCUT2D eigenvalue weighted by Gasteiger charge is 2.35. The second-order valence-corrected chi connectivity index (χ2v) is 5.94. The van der Waals surface area contributed by atoms with Gasteiger partial charge in [-0.15, -0.1) is 0 Å². The van der Waals surface area contributed by atoms with Crippen molar-refractivity contribution in [1.29, 1.82) is 0 Å². The Hall–Kier alpha value is -2.75. The van der Waals surface area contributed by atoms with Crippen LogP contribution in [0.15, 0.2) is 46.1 Å². The molecule has 1 saturated heterocycles. The largest absolute Gasteiger partial charge is 0.430 e. The van der Waals surface area contributed by atoms with Crippen molar-refractivity contribution in [3.8, 4) is 5.75 Å². The maximum atomic E-state index is 12.7. The standard InChI is InChI=1S/C17H18N2O7/c1-10-8-18(14-7-12(21)13(9-20)26-14)16(23)19(15(10)22)17(24)25-11-5-3-2-4-6-11/h2-6,8,12-14,20-21H,7,9H2,1H3/t12-,13+,14+/m0/s1. The monoisotopic (exact) mass is 362 g/mol. The van der Waals surface area contributed by atoms with Crippen molar-refractivity contribution in [3.05, 3.63) is 62.9 Å². The summed E-state index contributed by atoms with van der Waals surface area (Å²) < 4.78 is 11.9. The van der Waals surface area contributed by atoms with Crippen molar-refractivity contribution < 1.29 is 24.5 Å². The predicted molar refractivity (Wildman–Crippen MR) is 89.2 cm³/mol. The fraction of sp³-hybridized carbons (Fsp3) is 0.353. The van der Waals surface area contributed by atoms with Gasteiger partial charge >= 0.3 is 11.8 Å². The van der Waals surface area contributed by atoms with Gasteiger partial charge in [-0.25, -0.2) is 9.59 Å². The number of para-hydroxylation sites is 1. The van der Waals surface area contributed by atoms with E-state index in [4.69, 9.17) is 9.47 Å². The smallest absolute Gasteiger partial charge is 0.410 e. The minimum Gasteiger partial charge on any atom is -0.410 e. The lowest BCUT2D eigenvalue weighted by Gasteiger charge is -2.16. The number of aliphatic hydroxyl groups excluding tert-OH is 2. The Balaban J connectivity index is 1.99. The number of hydrogen-bond donors (Lipinski definition) is 2. The van der Waals surface area contributed by atoms with Crippen molar-refractivity contribution >= 4 is 6.09 Å². The van der Waals surface area contributed by atoms with Crippen LogP contribution in [0.25, 0.3) is 0 Å². The van der Waals surface area contributed by atoms with Crippen molar-refractivity contribution in [2.75, 3.05) is 6.61 Å². The maximum absolute atomic E-state index is 12.7. The minimum absolute atomic E-state index is 0.0382. The summed E-state index contributed by atoms with van der Waals surface area (Å²) in [6.45, 7) is 1.03. The quantitative estimate of drug-likeness (QED) is 0.789. The first kappa shape index (κ1) is 18.1. The average molecular weight is 362 g/mol. The van der Waals surface area contributed by atoms with E-state index in [1.165, 1.54) is 25.3 Å². The van der Waals surface area contributed by atoms with E-state index < -0.39 is 42.4 Å². The van der Waals surface area contributed by atoms with Crippen LogP contribution in [-0.2, 0) is 4.74 Å². The molecule has 9 nitrogen and oxygen atoms in total. The second-order valence-electron chi connectivity index (χ2n) is 5.94. The Morgan fingerprint density at radius 3 is 2.62 bits per heavy atom. The molecule has 0 amide bonds. The molecule has 2 aromatic rings. The summed E-state index contributed by atoms with van der Waals surface area (Å²) in [5.74, 6) is 0.185. The maximum Gasteiger partial charge on any atom is 0.430 e. The fourth-order valence-electron chi connectivity index (χ4n) is 2.75. The van der Waals surface area contributed by atoms with Gasteiger partial charge in [0.1, 0.15) is 18.1 Å². The van der Waals surface area contributed by atoms with Crippen LogP contribution in [0.2, 0.25) is 0 Å². The molecule has 1 aliphatic rings. The van der Waals surface area contributed by atoms with E-state index in [9.17, 15) is 24.6 Å². The molecule has 0 spiro atoms. The van der Waals surface area contributed by atoms with Crippen LogP contribution in [0.3, 0.4) is 0 Å². The third-order valence-corrected chi connectivity index (χ3v) is 4.11. The molecule has 3 rings (SSSR count). The van der Waals surface area contributed by atoms with Crippen LogP contribution < -0.4 is 16.0 Å². The summed E-state index contributed by atoms with van der Waals surface area (Å²) in [5.41, 5.74) is -1.62. The molecule has 2 heterocycles. The Kier molecular flexibility index (Phi) is 5.03. The van der Waals surface area contributed by atoms with E-state index in [2.05, 4.69) is 0 Å². The first-order chi connectivity index (χ1) is 12.4. The fourth-order valence-corrected chi connectivity index (χ4v) is 2.75. The van der Waals surface area contributed by atoms with Gasteiger partial charge in [-0.3, -0.25) is 9.36 Å². The van der Waals surface area contributed by atoms with E-state index in [-0.39, 0.29) is 17.7 Å². The highest BCUT2D eigenvalue weighted by molar-refractivity contribution is 5.72. The van der Waals surface area contributed by atoms with Crippen LogP contribution in [0, 0.1) is 6.92 Å². The van der Waals surface area contributed by atoms with Gasteiger partial charge in [0.15, 0.2) is 0 Å². The molecule has 0 bridgehead atoms. The first-order valence-corrected chi connectivity index (χ1v) is 7.98. The summed E-state index contributed by atoms with van der Waals surface area (Å²) >= 11 is 0. The Morgan fingerprint density at radius 2 is 2.00 bits per heavy atom. The first-order valence-electron chi connectivity index (χ1n) is 7.98. The molecule has 26 heavy (non-hydrogen) atoms. The van der Waals surface area contributed by atoms with Crippen LogP contribution >= 0.6 is 0 Å². The zero-order chi connectivity index (χ0) is 18.8. The lowest BCUT2D eigenvalue weighted by molar-refractivity contribution is -0.0462. The van der Waals surface area contributed by atoms with E-state index in [1.807, 2.05) is 0 Å². The average Bonchev–Trinajstić information content (AvgIpc) is 2.99. The number of benzene rings is 1. The third-order valence-electron chi connectivity index (χ3n) is 4.11. The summed E-state index contributed by atoms with van der Waals surface area (Å²) in [5, 5.41) is 19.0. The number of aromatic nitrogens is 2. The molecule has 0 unspecified atom stereocenters. The molecule has 1 aliphatic heterocycles. The van der Waals surface area contributed by atoms with E-state index in [0.29, 0.717) is 4.57 Å². The highest BCUT2D eigenvalue weighted by Crippen LogP contribution is 2.27. The van der Waals surface area contributed by atoms with Crippen molar-refractivity contribution in [1.82, 2.24) is 9.13 Å². The van der Waals surface area contributed by atoms with Gasteiger partial charge in [-0.05, 0) is 19.1 Å².